The first-order valence-corrected chi connectivity index (χ1v) is 10.3. The van der Waals surface area contributed by atoms with E-state index in [0.717, 1.165) is 11.5 Å². The van der Waals surface area contributed by atoms with Gasteiger partial charge in [-0.1, -0.05) is 29.3 Å². The number of aromatic nitrogens is 1. The van der Waals surface area contributed by atoms with Crippen LogP contribution in [0.3, 0.4) is 0 Å². The van der Waals surface area contributed by atoms with Crippen molar-refractivity contribution in [2.24, 2.45) is 5.92 Å². The fraction of sp³-hybridized carbons (Fsp3) is 0.389. The third kappa shape index (κ3) is 3.69. The van der Waals surface area contributed by atoms with Crippen LogP contribution in [0.1, 0.15) is 35.0 Å². The Kier molecular flexibility index (Phi) is 5.46. The maximum atomic E-state index is 12.6. The molecule has 3 heterocycles. The number of amides is 2. The summed E-state index contributed by atoms with van der Waals surface area (Å²) < 4.78 is 9.68. The fourth-order valence-electron chi connectivity index (χ4n) is 3.52. The van der Waals surface area contributed by atoms with Crippen LogP contribution in [-0.4, -0.2) is 45.9 Å². The Morgan fingerprint density at radius 2 is 2.11 bits per heavy atom. The normalized spacial score (nSPS) is 18.2. The maximum absolute atomic E-state index is 12.6. The monoisotopic (exact) mass is 441 g/mol. The van der Waals surface area contributed by atoms with Crippen molar-refractivity contribution >= 4 is 52.2 Å². The molecule has 2 amide bonds. The number of piperidine rings is 1. The summed E-state index contributed by atoms with van der Waals surface area (Å²) in [6.07, 6.45) is 0.587. The minimum absolute atomic E-state index is 0.00296. The van der Waals surface area contributed by atoms with E-state index in [4.69, 9.17) is 27.9 Å². The van der Waals surface area contributed by atoms with Crippen LogP contribution in [-0.2, 0) is 4.79 Å². The second kappa shape index (κ2) is 7.87. The number of aliphatic hydroxyl groups is 1. The molecule has 0 saturated carbocycles. The highest BCUT2D eigenvalue weighted by atomic mass is 35.5. The molecule has 7 nitrogen and oxygen atoms in total. The molecule has 1 fully saturated rings. The molecule has 10 heteroatoms. The molecular formula is C18H17Cl2N3O4S. The fourth-order valence-corrected chi connectivity index (χ4v) is 4.50. The number of benzene rings is 1. The van der Waals surface area contributed by atoms with Gasteiger partial charge in [-0.2, -0.15) is 4.37 Å². The topological polar surface area (TPSA) is 91.8 Å². The number of likely N-dealkylation sites (tertiary alicyclic amines) is 1. The van der Waals surface area contributed by atoms with Gasteiger partial charge in [0, 0.05) is 13.1 Å². The van der Waals surface area contributed by atoms with Crippen molar-refractivity contribution in [2.45, 2.75) is 18.9 Å². The molecule has 4 rings (SSSR count). The van der Waals surface area contributed by atoms with Gasteiger partial charge >= 0.3 is 0 Å². The number of ether oxygens (including phenoxy) is 1. The van der Waals surface area contributed by atoms with Gasteiger partial charge < -0.3 is 20.1 Å². The molecule has 28 heavy (non-hydrogen) atoms. The van der Waals surface area contributed by atoms with Crippen LogP contribution in [0.15, 0.2) is 18.2 Å². The van der Waals surface area contributed by atoms with E-state index in [9.17, 15) is 14.7 Å². The molecule has 0 unspecified atom stereocenters. The van der Waals surface area contributed by atoms with E-state index >= 15 is 0 Å². The van der Waals surface area contributed by atoms with E-state index in [0.29, 0.717) is 47.3 Å². The number of nitrogens with zero attached hydrogens (tertiary/aromatic N) is 2. The van der Waals surface area contributed by atoms with Crippen molar-refractivity contribution in [3.63, 3.8) is 0 Å². The zero-order chi connectivity index (χ0) is 19.8. The Labute approximate surface area is 175 Å². The van der Waals surface area contributed by atoms with Crippen LogP contribution in [0.2, 0.25) is 9.36 Å². The predicted octanol–water partition coefficient (Wildman–Crippen LogP) is 3.37. The molecule has 0 spiro atoms. The van der Waals surface area contributed by atoms with Crippen molar-refractivity contribution in [1.29, 1.82) is 0 Å². The van der Waals surface area contributed by atoms with Gasteiger partial charge in [0.1, 0.15) is 15.1 Å². The molecule has 148 valence electrons. The number of anilines is 1. The number of carbonyl (C=O) groups is 2. The lowest BCUT2D eigenvalue weighted by Crippen LogP contribution is -2.40. The Balaban J connectivity index is 1.41. The van der Waals surface area contributed by atoms with Gasteiger partial charge in [-0.05, 0) is 48.0 Å². The van der Waals surface area contributed by atoms with Crippen molar-refractivity contribution in [1.82, 2.24) is 9.27 Å². The van der Waals surface area contributed by atoms with Crippen molar-refractivity contribution in [3.8, 4) is 5.75 Å². The van der Waals surface area contributed by atoms with Crippen molar-refractivity contribution < 1.29 is 19.4 Å². The van der Waals surface area contributed by atoms with Crippen LogP contribution < -0.4 is 10.1 Å². The van der Waals surface area contributed by atoms with Gasteiger partial charge in [0.15, 0.2) is 12.3 Å². The molecule has 1 atom stereocenters. The van der Waals surface area contributed by atoms with Crippen LogP contribution in [0, 0.1) is 5.92 Å². The molecule has 0 bridgehead atoms. The molecule has 0 aliphatic carbocycles. The second-order valence-electron chi connectivity index (χ2n) is 6.79. The molecular weight excluding hydrogens is 425 g/mol. The van der Waals surface area contributed by atoms with E-state index in [-0.39, 0.29) is 35.1 Å². The van der Waals surface area contributed by atoms with Gasteiger partial charge in [0.25, 0.3) is 11.8 Å². The number of hydrogen-bond donors (Lipinski definition) is 2. The minimum Gasteiger partial charge on any atom is -0.482 e. The van der Waals surface area contributed by atoms with E-state index in [2.05, 4.69) is 9.69 Å². The number of rotatable bonds is 3. The van der Waals surface area contributed by atoms with Gasteiger partial charge in [0.05, 0.1) is 11.8 Å². The Morgan fingerprint density at radius 3 is 2.79 bits per heavy atom. The average Bonchev–Trinajstić information content (AvgIpc) is 3.05. The smallest absolute Gasteiger partial charge is 0.275 e. The zero-order valence-corrected chi connectivity index (χ0v) is 17.0. The van der Waals surface area contributed by atoms with Crippen LogP contribution in [0.5, 0.6) is 5.75 Å². The SMILES string of the molecule is O=C1COc2ccc([C@@H](O)C3CCN(C(=O)c4nsc(Cl)c4Cl)CC3)cc2N1. The lowest BCUT2D eigenvalue weighted by molar-refractivity contribution is -0.118. The zero-order valence-electron chi connectivity index (χ0n) is 14.7. The van der Waals surface area contributed by atoms with Crippen molar-refractivity contribution in [2.75, 3.05) is 25.0 Å². The average molecular weight is 442 g/mol. The molecule has 2 aliphatic heterocycles. The maximum Gasteiger partial charge on any atom is 0.275 e. The quantitative estimate of drug-likeness (QED) is 0.761. The van der Waals surface area contributed by atoms with Gasteiger partial charge in [-0.15, -0.1) is 0 Å². The van der Waals surface area contributed by atoms with Crippen LogP contribution >= 0.6 is 34.7 Å². The molecule has 1 aromatic carbocycles. The summed E-state index contributed by atoms with van der Waals surface area (Å²) in [7, 11) is 0. The first-order chi connectivity index (χ1) is 13.4. The van der Waals surface area contributed by atoms with E-state index in [1.54, 1.807) is 23.1 Å². The number of nitrogens with one attached hydrogen (secondary N) is 1. The number of hydrogen-bond acceptors (Lipinski definition) is 6. The number of aliphatic hydroxyl groups excluding tert-OH is 1. The molecule has 0 radical (unpaired) electrons. The summed E-state index contributed by atoms with van der Waals surface area (Å²) in [4.78, 5) is 25.8. The van der Waals surface area contributed by atoms with Crippen LogP contribution in [0.25, 0.3) is 0 Å². The standard InChI is InChI=1S/C18H17Cl2N3O4S/c19-14-15(22-28-17(14)20)18(26)23-5-3-9(4-6-23)16(25)10-1-2-12-11(7-10)21-13(24)8-27-12/h1-2,7,9,16,25H,3-6,8H2,(H,21,24)/t16-/m0/s1. The Morgan fingerprint density at radius 1 is 1.36 bits per heavy atom. The highest BCUT2D eigenvalue weighted by Crippen LogP contribution is 2.36. The van der Waals surface area contributed by atoms with Crippen molar-refractivity contribution in [3.05, 3.63) is 38.8 Å². The van der Waals surface area contributed by atoms with Gasteiger partial charge in [-0.25, -0.2) is 0 Å². The molecule has 2 N–H and O–H groups in total. The second-order valence-corrected chi connectivity index (χ2v) is 8.54. The third-order valence-corrected chi connectivity index (χ3v) is 6.66. The summed E-state index contributed by atoms with van der Waals surface area (Å²) >= 11 is 12.9. The molecule has 1 saturated heterocycles. The minimum atomic E-state index is -0.696. The Bertz CT molecular complexity index is 928. The van der Waals surface area contributed by atoms with Gasteiger partial charge in [0.2, 0.25) is 0 Å². The third-order valence-electron chi connectivity index (χ3n) is 5.05. The summed E-state index contributed by atoms with van der Waals surface area (Å²) in [5.41, 5.74) is 1.46. The van der Waals surface area contributed by atoms with E-state index in [1.165, 1.54) is 0 Å². The number of carbonyl (C=O) groups excluding carboxylic acids is 2. The summed E-state index contributed by atoms with van der Waals surface area (Å²) in [6, 6.07) is 5.29. The van der Waals surface area contributed by atoms with E-state index in [1.807, 2.05) is 0 Å². The number of fused-ring (bicyclic) bond motifs is 1. The van der Waals surface area contributed by atoms with E-state index < -0.39 is 6.10 Å². The summed E-state index contributed by atoms with van der Waals surface area (Å²) in [5, 5.41) is 13.7. The molecule has 2 aromatic rings. The molecule has 1 aromatic heterocycles. The summed E-state index contributed by atoms with van der Waals surface area (Å²) in [5.74, 6) is 0.132. The van der Waals surface area contributed by atoms with Crippen LogP contribution in [0.4, 0.5) is 5.69 Å². The predicted molar refractivity (Wildman–Crippen MR) is 106 cm³/mol. The first kappa shape index (κ1) is 19.4. The largest absolute Gasteiger partial charge is 0.482 e. The summed E-state index contributed by atoms with van der Waals surface area (Å²) in [6.45, 7) is 0.989. The lowest BCUT2D eigenvalue weighted by Gasteiger charge is -2.34. The molecule has 2 aliphatic rings. The highest BCUT2D eigenvalue weighted by molar-refractivity contribution is 7.11. The Hall–Kier alpha value is -1.87. The first-order valence-electron chi connectivity index (χ1n) is 8.78. The number of halogens is 2. The lowest BCUT2D eigenvalue weighted by atomic mass is 9.87. The highest BCUT2D eigenvalue weighted by Gasteiger charge is 2.31. The van der Waals surface area contributed by atoms with Gasteiger partial charge in [-0.3, -0.25) is 9.59 Å².